The maximum absolute atomic E-state index is 5.81. The Morgan fingerprint density at radius 2 is 2.41 bits per heavy atom. The minimum absolute atomic E-state index is 0.171. The number of anilines is 1. The first kappa shape index (κ1) is 10.7. The van der Waals surface area contributed by atoms with Crippen molar-refractivity contribution in [3.05, 3.63) is 33.8 Å². The Labute approximate surface area is 108 Å². The number of benzene rings is 1. The molecule has 1 aromatic carbocycles. The summed E-state index contributed by atoms with van der Waals surface area (Å²) in [7, 11) is 0. The van der Waals surface area contributed by atoms with Gasteiger partial charge in [0.25, 0.3) is 0 Å². The molecule has 3 rings (SSSR count). The van der Waals surface area contributed by atoms with Crippen LogP contribution in [0.3, 0.4) is 0 Å². The Bertz CT molecular complexity index is 553. The minimum Gasteiger partial charge on any atom is -0.488 e. The van der Waals surface area contributed by atoms with Crippen LogP contribution in [0.2, 0.25) is 0 Å². The van der Waals surface area contributed by atoms with Gasteiger partial charge in [-0.1, -0.05) is 29.5 Å². The standard InChI is InChI=1S/C11H11N3OS2/c16-11-14-13-10(17-11)12-6-8-5-7-3-1-2-4-9(7)15-8/h1-4,8H,5-6H2,(H,12,13)(H,14,16). The summed E-state index contributed by atoms with van der Waals surface area (Å²) in [5, 5.41) is 10.8. The van der Waals surface area contributed by atoms with Crippen molar-refractivity contribution >= 4 is 28.7 Å². The molecule has 1 aromatic heterocycles. The van der Waals surface area contributed by atoms with Gasteiger partial charge in [0.1, 0.15) is 11.9 Å². The lowest BCUT2D eigenvalue weighted by molar-refractivity contribution is 0.246. The van der Waals surface area contributed by atoms with Crippen molar-refractivity contribution < 1.29 is 4.74 Å². The third kappa shape index (κ3) is 2.32. The number of fused-ring (bicyclic) bond motifs is 1. The summed E-state index contributed by atoms with van der Waals surface area (Å²) in [6.45, 7) is 0.741. The topological polar surface area (TPSA) is 49.9 Å². The number of hydrogen-bond donors (Lipinski definition) is 2. The first-order valence-corrected chi connectivity index (χ1v) is 6.58. The van der Waals surface area contributed by atoms with Gasteiger partial charge in [-0.25, -0.2) is 0 Å². The predicted molar refractivity (Wildman–Crippen MR) is 70.4 cm³/mol. The van der Waals surface area contributed by atoms with E-state index in [1.54, 1.807) is 0 Å². The lowest BCUT2D eigenvalue weighted by atomic mass is 10.1. The number of aromatic nitrogens is 2. The summed E-state index contributed by atoms with van der Waals surface area (Å²) in [6, 6.07) is 8.15. The zero-order valence-electron chi connectivity index (χ0n) is 8.97. The summed E-state index contributed by atoms with van der Waals surface area (Å²) in [5.41, 5.74) is 1.27. The van der Waals surface area contributed by atoms with E-state index >= 15 is 0 Å². The summed E-state index contributed by atoms with van der Waals surface area (Å²) >= 11 is 6.40. The molecule has 88 valence electrons. The molecule has 2 N–H and O–H groups in total. The molecular weight excluding hydrogens is 254 g/mol. The van der Waals surface area contributed by atoms with E-state index in [1.165, 1.54) is 16.9 Å². The van der Waals surface area contributed by atoms with Crippen LogP contribution in [0.1, 0.15) is 5.56 Å². The molecule has 0 aliphatic carbocycles. The molecule has 0 bridgehead atoms. The van der Waals surface area contributed by atoms with Crippen LogP contribution in [0.15, 0.2) is 24.3 Å². The highest BCUT2D eigenvalue weighted by Gasteiger charge is 2.21. The molecule has 4 nitrogen and oxygen atoms in total. The quantitative estimate of drug-likeness (QED) is 0.838. The molecule has 0 saturated carbocycles. The van der Waals surface area contributed by atoms with Crippen LogP contribution in [-0.2, 0) is 6.42 Å². The van der Waals surface area contributed by atoms with Crippen molar-refractivity contribution in [2.24, 2.45) is 0 Å². The largest absolute Gasteiger partial charge is 0.488 e. The molecule has 0 saturated heterocycles. The van der Waals surface area contributed by atoms with Gasteiger partial charge in [-0.2, -0.15) is 0 Å². The minimum atomic E-state index is 0.171. The number of ether oxygens (including phenoxy) is 1. The second kappa shape index (κ2) is 4.46. The Morgan fingerprint density at radius 1 is 1.53 bits per heavy atom. The van der Waals surface area contributed by atoms with E-state index in [0.29, 0.717) is 3.95 Å². The van der Waals surface area contributed by atoms with Crippen molar-refractivity contribution in [2.45, 2.75) is 12.5 Å². The van der Waals surface area contributed by atoms with Crippen LogP contribution in [0.4, 0.5) is 5.13 Å². The molecule has 0 spiro atoms. The molecule has 0 fully saturated rings. The average molecular weight is 265 g/mol. The summed E-state index contributed by atoms with van der Waals surface area (Å²) in [4.78, 5) is 0. The van der Waals surface area contributed by atoms with Gasteiger partial charge in [-0.05, 0) is 23.8 Å². The SMILES string of the molecule is S=c1[nH]nc(NCC2Cc3ccccc3O2)s1. The first-order chi connectivity index (χ1) is 8.31. The Morgan fingerprint density at radius 3 is 3.18 bits per heavy atom. The number of nitrogens with zero attached hydrogens (tertiary/aromatic N) is 1. The van der Waals surface area contributed by atoms with E-state index in [4.69, 9.17) is 17.0 Å². The molecule has 6 heteroatoms. The second-order valence-electron chi connectivity index (χ2n) is 3.85. The Kier molecular flexibility index (Phi) is 2.82. The average Bonchev–Trinajstić information content (AvgIpc) is 2.91. The molecule has 1 aliphatic heterocycles. The van der Waals surface area contributed by atoms with Crippen LogP contribution in [0.5, 0.6) is 5.75 Å². The van der Waals surface area contributed by atoms with Crippen LogP contribution in [0, 0.1) is 3.95 Å². The molecule has 0 amide bonds. The van der Waals surface area contributed by atoms with Gasteiger partial charge in [0.05, 0.1) is 6.54 Å². The first-order valence-electron chi connectivity index (χ1n) is 5.35. The van der Waals surface area contributed by atoms with Gasteiger partial charge in [-0.15, -0.1) is 5.10 Å². The van der Waals surface area contributed by atoms with E-state index in [2.05, 4.69) is 21.6 Å². The highest BCUT2D eigenvalue weighted by atomic mass is 32.1. The fourth-order valence-corrected chi connectivity index (χ4v) is 2.67. The van der Waals surface area contributed by atoms with Crippen molar-refractivity contribution in [1.29, 1.82) is 0 Å². The van der Waals surface area contributed by atoms with Crippen molar-refractivity contribution in [1.82, 2.24) is 10.2 Å². The zero-order valence-corrected chi connectivity index (χ0v) is 10.6. The maximum atomic E-state index is 5.81. The van der Waals surface area contributed by atoms with Gasteiger partial charge < -0.3 is 10.1 Å². The van der Waals surface area contributed by atoms with E-state index in [9.17, 15) is 0 Å². The highest BCUT2D eigenvalue weighted by Crippen LogP contribution is 2.28. The molecular formula is C11H11N3OS2. The van der Waals surface area contributed by atoms with Crippen LogP contribution >= 0.6 is 23.6 Å². The number of H-pyrrole nitrogens is 1. The molecule has 17 heavy (non-hydrogen) atoms. The third-order valence-electron chi connectivity index (χ3n) is 2.63. The number of hydrogen-bond acceptors (Lipinski definition) is 5. The van der Waals surface area contributed by atoms with Gasteiger partial charge in [0.2, 0.25) is 5.13 Å². The van der Waals surface area contributed by atoms with Gasteiger partial charge in [0, 0.05) is 6.42 Å². The fraction of sp³-hybridized carbons (Fsp3) is 0.273. The smallest absolute Gasteiger partial charge is 0.204 e. The molecule has 1 aliphatic rings. The molecule has 1 atom stereocenters. The van der Waals surface area contributed by atoms with E-state index in [-0.39, 0.29) is 6.10 Å². The summed E-state index contributed by atoms with van der Waals surface area (Å²) in [6.07, 6.45) is 1.11. The molecule has 1 unspecified atom stereocenters. The molecule has 2 aromatic rings. The van der Waals surface area contributed by atoms with Crippen molar-refractivity contribution in [2.75, 3.05) is 11.9 Å². The summed E-state index contributed by atoms with van der Waals surface area (Å²) < 4.78 is 6.50. The lowest BCUT2D eigenvalue weighted by Gasteiger charge is -2.10. The second-order valence-corrected chi connectivity index (χ2v) is 5.52. The Hall–Kier alpha value is -1.40. The molecule has 0 radical (unpaired) electrons. The number of para-hydroxylation sites is 1. The Balaban J connectivity index is 1.61. The fourth-order valence-electron chi connectivity index (χ4n) is 1.87. The number of nitrogens with one attached hydrogen (secondary N) is 2. The number of aromatic amines is 1. The molecule has 2 heterocycles. The zero-order chi connectivity index (χ0) is 11.7. The van der Waals surface area contributed by atoms with Crippen molar-refractivity contribution in [3.8, 4) is 5.75 Å². The third-order valence-corrected chi connectivity index (χ3v) is 3.68. The van der Waals surface area contributed by atoms with E-state index in [1.807, 2.05) is 18.2 Å². The monoisotopic (exact) mass is 265 g/mol. The number of rotatable bonds is 3. The van der Waals surface area contributed by atoms with Crippen LogP contribution in [0.25, 0.3) is 0 Å². The predicted octanol–water partition coefficient (Wildman–Crippen LogP) is 2.62. The normalized spacial score (nSPS) is 17.5. The van der Waals surface area contributed by atoms with Gasteiger partial charge >= 0.3 is 0 Å². The van der Waals surface area contributed by atoms with E-state index in [0.717, 1.165) is 23.8 Å². The highest BCUT2D eigenvalue weighted by molar-refractivity contribution is 7.73. The van der Waals surface area contributed by atoms with Crippen LogP contribution < -0.4 is 10.1 Å². The van der Waals surface area contributed by atoms with Gasteiger partial charge in [-0.3, -0.25) is 5.10 Å². The summed E-state index contributed by atoms with van der Waals surface area (Å²) in [5.74, 6) is 0.994. The lowest BCUT2D eigenvalue weighted by Crippen LogP contribution is -2.23. The van der Waals surface area contributed by atoms with E-state index < -0.39 is 0 Å². The van der Waals surface area contributed by atoms with Crippen molar-refractivity contribution in [3.63, 3.8) is 0 Å². The maximum Gasteiger partial charge on any atom is 0.204 e. The van der Waals surface area contributed by atoms with Gasteiger partial charge in [0.15, 0.2) is 3.95 Å². The van der Waals surface area contributed by atoms with Crippen LogP contribution in [-0.4, -0.2) is 22.8 Å².